The number of thiophene rings is 1. The largest absolute Gasteiger partial charge is 0.359 e. The van der Waals surface area contributed by atoms with Crippen molar-refractivity contribution in [3.8, 4) is 0 Å². The van der Waals surface area contributed by atoms with Crippen molar-refractivity contribution in [2.24, 2.45) is 0 Å². The van der Waals surface area contributed by atoms with E-state index in [4.69, 9.17) is 0 Å². The van der Waals surface area contributed by atoms with E-state index in [1.807, 2.05) is 30.5 Å². The van der Waals surface area contributed by atoms with Gasteiger partial charge in [-0.3, -0.25) is 14.6 Å². The van der Waals surface area contributed by atoms with E-state index in [-0.39, 0.29) is 18.4 Å². The van der Waals surface area contributed by atoms with Crippen LogP contribution in [0, 0.1) is 6.92 Å². The Bertz CT molecular complexity index is 1050. The van der Waals surface area contributed by atoms with E-state index in [0.717, 1.165) is 16.1 Å². The van der Waals surface area contributed by atoms with Crippen molar-refractivity contribution < 1.29 is 9.59 Å². The normalized spacial score (nSPS) is 13.0. The van der Waals surface area contributed by atoms with Gasteiger partial charge in [0.05, 0.1) is 36.6 Å². The number of aryl methyl sites for hydroxylation is 1. The number of nitrogens with zero attached hydrogens (tertiary/aromatic N) is 4. The van der Waals surface area contributed by atoms with Gasteiger partial charge in [-0.15, -0.1) is 11.3 Å². The molecular weight excluding hydrogens is 386 g/mol. The topological polar surface area (TPSA) is 78.4 Å². The first-order valence-electron chi connectivity index (χ1n) is 9.25. The summed E-state index contributed by atoms with van der Waals surface area (Å²) in [6, 6.07) is 9.45. The van der Waals surface area contributed by atoms with E-state index in [0.29, 0.717) is 30.2 Å². The Kier molecular flexibility index (Phi) is 5.26. The van der Waals surface area contributed by atoms with Gasteiger partial charge in [-0.1, -0.05) is 6.07 Å². The molecule has 7 nitrogen and oxygen atoms in total. The second kappa shape index (κ2) is 8.00. The summed E-state index contributed by atoms with van der Waals surface area (Å²) >= 11 is 1.63. The fourth-order valence-corrected chi connectivity index (χ4v) is 4.10. The summed E-state index contributed by atoms with van der Waals surface area (Å²) in [5, 5.41) is 5.01. The lowest BCUT2D eigenvalue weighted by atomic mass is 10.1. The van der Waals surface area contributed by atoms with Gasteiger partial charge in [0.25, 0.3) is 5.91 Å². The van der Waals surface area contributed by atoms with Crippen LogP contribution in [0.3, 0.4) is 0 Å². The van der Waals surface area contributed by atoms with Gasteiger partial charge in [0.2, 0.25) is 5.91 Å². The number of aromatic nitrogens is 2. The predicted molar refractivity (Wildman–Crippen MR) is 113 cm³/mol. The molecule has 0 unspecified atom stereocenters. The van der Waals surface area contributed by atoms with Gasteiger partial charge in [0, 0.05) is 24.3 Å². The molecule has 29 heavy (non-hydrogen) atoms. The number of pyridine rings is 2. The van der Waals surface area contributed by atoms with Gasteiger partial charge < -0.3 is 15.1 Å². The maximum atomic E-state index is 13.4. The standard InChI is InChI=1S/C21H21N5O2S/c1-14-6-8-29-18(14)13-26(12-16-5-3-4-7-22-16)21(28)15-9-17-20(23-10-15)24-11-19(27)25(17)2/h3-10H,11-13H2,1-2H3,(H,23,24). The van der Waals surface area contributed by atoms with Crippen molar-refractivity contribution in [1.82, 2.24) is 14.9 Å². The quantitative estimate of drug-likeness (QED) is 0.703. The van der Waals surface area contributed by atoms with Crippen molar-refractivity contribution >= 4 is 34.7 Å². The Balaban J connectivity index is 1.65. The number of rotatable bonds is 5. The summed E-state index contributed by atoms with van der Waals surface area (Å²) in [5.41, 5.74) is 3.02. The number of fused-ring (bicyclic) bond motifs is 1. The van der Waals surface area contributed by atoms with E-state index in [1.54, 1.807) is 41.7 Å². The molecule has 0 bridgehead atoms. The molecule has 0 saturated heterocycles. The van der Waals surface area contributed by atoms with Crippen LogP contribution in [-0.2, 0) is 17.9 Å². The molecule has 2 amide bonds. The third kappa shape index (κ3) is 3.97. The van der Waals surface area contributed by atoms with Crippen LogP contribution >= 0.6 is 11.3 Å². The fraction of sp³-hybridized carbons (Fsp3) is 0.238. The van der Waals surface area contributed by atoms with Gasteiger partial charge in [-0.2, -0.15) is 0 Å². The lowest BCUT2D eigenvalue weighted by Gasteiger charge is -2.27. The lowest BCUT2D eigenvalue weighted by molar-refractivity contribution is -0.116. The molecule has 1 aliphatic heterocycles. The van der Waals surface area contributed by atoms with Crippen LogP contribution < -0.4 is 10.2 Å². The van der Waals surface area contributed by atoms with Gasteiger partial charge in [-0.25, -0.2) is 4.98 Å². The molecule has 0 spiro atoms. The SMILES string of the molecule is Cc1ccsc1CN(Cc1ccccn1)C(=O)c1cnc2c(c1)N(C)C(=O)CN2. The second-order valence-electron chi connectivity index (χ2n) is 6.91. The van der Waals surface area contributed by atoms with Crippen molar-refractivity contribution in [3.05, 3.63) is 69.8 Å². The Morgan fingerprint density at radius 3 is 2.86 bits per heavy atom. The van der Waals surface area contributed by atoms with E-state index in [1.165, 1.54) is 4.90 Å². The van der Waals surface area contributed by atoms with Crippen molar-refractivity contribution in [1.29, 1.82) is 0 Å². The van der Waals surface area contributed by atoms with Gasteiger partial charge in [-0.05, 0) is 42.1 Å². The minimum Gasteiger partial charge on any atom is -0.359 e. The van der Waals surface area contributed by atoms with Crippen LogP contribution in [0.1, 0.15) is 26.5 Å². The average Bonchev–Trinajstić information content (AvgIpc) is 3.15. The first kappa shape index (κ1) is 19.1. The molecule has 4 rings (SSSR count). The number of carbonyl (C=O) groups is 2. The van der Waals surface area contributed by atoms with Crippen LogP contribution in [0.15, 0.2) is 48.1 Å². The number of anilines is 2. The smallest absolute Gasteiger partial charge is 0.256 e. The predicted octanol–water partition coefficient (Wildman–Crippen LogP) is 3.08. The van der Waals surface area contributed by atoms with Gasteiger partial charge in [0.15, 0.2) is 0 Å². The molecule has 1 N–H and O–H groups in total. The van der Waals surface area contributed by atoms with E-state index in [2.05, 4.69) is 21.4 Å². The van der Waals surface area contributed by atoms with Crippen LogP contribution in [0.2, 0.25) is 0 Å². The van der Waals surface area contributed by atoms with Gasteiger partial charge in [0.1, 0.15) is 5.82 Å². The third-order valence-corrected chi connectivity index (χ3v) is 5.93. The highest BCUT2D eigenvalue weighted by Crippen LogP contribution is 2.28. The van der Waals surface area contributed by atoms with Crippen molar-refractivity contribution in [2.45, 2.75) is 20.0 Å². The molecule has 0 fully saturated rings. The maximum Gasteiger partial charge on any atom is 0.256 e. The molecule has 0 radical (unpaired) electrons. The Hall–Kier alpha value is -3.26. The summed E-state index contributed by atoms with van der Waals surface area (Å²) in [7, 11) is 1.69. The molecule has 3 aromatic rings. The van der Waals surface area contributed by atoms with Crippen LogP contribution in [0.4, 0.5) is 11.5 Å². The number of nitrogens with one attached hydrogen (secondary N) is 1. The molecule has 0 aliphatic carbocycles. The summed E-state index contributed by atoms with van der Waals surface area (Å²) in [6.45, 7) is 3.12. The van der Waals surface area contributed by atoms with Crippen LogP contribution in [-0.4, -0.2) is 40.3 Å². The van der Waals surface area contributed by atoms with Crippen molar-refractivity contribution in [2.75, 3.05) is 23.8 Å². The summed E-state index contributed by atoms with van der Waals surface area (Å²) in [6.07, 6.45) is 3.28. The Morgan fingerprint density at radius 2 is 2.14 bits per heavy atom. The zero-order valence-corrected chi connectivity index (χ0v) is 17.1. The molecular formula is C21H21N5O2S. The Labute approximate surface area is 173 Å². The highest BCUT2D eigenvalue weighted by Gasteiger charge is 2.25. The van der Waals surface area contributed by atoms with E-state index in [9.17, 15) is 9.59 Å². The lowest BCUT2D eigenvalue weighted by Crippen LogP contribution is -2.37. The first-order valence-corrected chi connectivity index (χ1v) is 10.1. The minimum absolute atomic E-state index is 0.0662. The zero-order chi connectivity index (χ0) is 20.4. The molecule has 3 aromatic heterocycles. The highest BCUT2D eigenvalue weighted by atomic mass is 32.1. The first-order chi connectivity index (χ1) is 14.0. The summed E-state index contributed by atoms with van der Waals surface area (Å²) < 4.78 is 0. The maximum absolute atomic E-state index is 13.4. The average molecular weight is 407 g/mol. The zero-order valence-electron chi connectivity index (χ0n) is 16.3. The molecule has 1 aliphatic rings. The number of amides is 2. The minimum atomic E-state index is -0.148. The number of hydrogen-bond acceptors (Lipinski definition) is 6. The molecule has 0 atom stereocenters. The second-order valence-corrected chi connectivity index (χ2v) is 7.91. The third-order valence-electron chi connectivity index (χ3n) is 4.93. The molecule has 4 heterocycles. The van der Waals surface area contributed by atoms with E-state index >= 15 is 0 Å². The summed E-state index contributed by atoms with van der Waals surface area (Å²) in [4.78, 5) is 38.6. The number of carbonyl (C=O) groups excluding carboxylic acids is 2. The van der Waals surface area contributed by atoms with Gasteiger partial charge >= 0.3 is 0 Å². The van der Waals surface area contributed by atoms with Crippen LogP contribution in [0.25, 0.3) is 0 Å². The van der Waals surface area contributed by atoms with E-state index < -0.39 is 0 Å². The number of hydrogen-bond donors (Lipinski definition) is 1. The number of likely N-dealkylation sites (N-methyl/N-ethyl adjacent to an activating group) is 1. The Morgan fingerprint density at radius 1 is 1.28 bits per heavy atom. The molecule has 8 heteroatoms. The fourth-order valence-electron chi connectivity index (χ4n) is 3.18. The summed E-state index contributed by atoms with van der Waals surface area (Å²) in [5.74, 6) is 0.391. The van der Waals surface area contributed by atoms with Crippen LogP contribution in [0.5, 0.6) is 0 Å². The highest BCUT2D eigenvalue weighted by molar-refractivity contribution is 7.10. The van der Waals surface area contributed by atoms with Crippen molar-refractivity contribution in [3.63, 3.8) is 0 Å². The monoisotopic (exact) mass is 407 g/mol. The molecule has 0 aromatic carbocycles. The molecule has 148 valence electrons. The molecule has 0 saturated carbocycles.